The Morgan fingerprint density at radius 1 is 1.59 bits per heavy atom. The van der Waals surface area contributed by atoms with E-state index in [0.717, 1.165) is 25.7 Å². The monoisotopic (exact) mass is 242 g/mol. The van der Waals surface area contributed by atoms with E-state index in [2.05, 4.69) is 12.2 Å². The summed E-state index contributed by atoms with van der Waals surface area (Å²) in [5.74, 6) is 0.615. The summed E-state index contributed by atoms with van der Waals surface area (Å²) in [6.45, 7) is 5.63. The largest absolute Gasteiger partial charge is 0.364 e. The maximum atomic E-state index is 11.5. The van der Waals surface area contributed by atoms with Gasteiger partial charge in [0.2, 0.25) is 5.91 Å². The number of nitrogens with two attached hydrogens (primary N) is 1. The highest BCUT2D eigenvalue weighted by molar-refractivity contribution is 5.77. The van der Waals surface area contributed by atoms with Gasteiger partial charge in [0.1, 0.15) is 6.61 Å². The quantitative estimate of drug-likeness (QED) is 0.740. The molecular weight excluding hydrogens is 216 g/mol. The Labute approximate surface area is 104 Å². The first kappa shape index (κ1) is 14.5. The van der Waals surface area contributed by atoms with Crippen molar-refractivity contribution in [2.24, 2.45) is 11.7 Å². The van der Waals surface area contributed by atoms with E-state index in [0.29, 0.717) is 19.0 Å². The molecule has 0 bridgehead atoms. The molecule has 2 atom stereocenters. The van der Waals surface area contributed by atoms with Crippen molar-refractivity contribution in [2.45, 2.75) is 51.6 Å². The Balaban J connectivity index is 2.38. The highest BCUT2D eigenvalue weighted by Gasteiger charge is 2.35. The molecule has 1 rings (SSSR count). The van der Waals surface area contributed by atoms with E-state index in [1.807, 2.05) is 6.92 Å². The third-order valence-corrected chi connectivity index (χ3v) is 3.50. The number of carbonyl (C=O) groups excluding carboxylic acids is 1. The van der Waals surface area contributed by atoms with Crippen LogP contribution in [0.1, 0.15) is 46.0 Å². The van der Waals surface area contributed by atoms with E-state index in [-0.39, 0.29) is 18.1 Å². The second kappa shape index (κ2) is 6.97. The molecule has 17 heavy (non-hydrogen) atoms. The molecule has 0 aromatic rings. The van der Waals surface area contributed by atoms with Crippen molar-refractivity contribution in [3.05, 3.63) is 0 Å². The van der Waals surface area contributed by atoms with Crippen LogP contribution in [0.15, 0.2) is 0 Å². The molecule has 0 heterocycles. The summed E-state index contributed by atoms with van der Waals surface area (Å²) in [5.41, 5.74) is 5.57. The molecule has 1 aliphatic rings. The summed E-state index contributed by atoms with van der Waals surface area (Å²) in [4.78, 5) is 11.5. The Kier molecular flexibility index (Phi) is 5.92. The average molecular weight is 242 g/mol. The Hall–Kier alpha value is -0.610. The zero-order valence-electron chi connectivity index (χ0n) is 11.1. The minimum atomic E-state index is -0.263. The Morgan fingerprint density at radius 3 is 2.94 bits per heavy atom. The molecule has 1 fully saturated rings. The third kappa shape index (κ3) is 4.64. The normalized spacial score (nSPS) is 29.0. The average Bonchev–Trinajstić information content (AvgIpc) is 2.34. The topological polar surface area (TPSA) is 64.3 Å². The number of nitrogens with one attached hydrogen (secondary N) is 1. The van der Waals surface area contributed by atoms with E-state index in [9.17, 15) is 4.79 Å². The maximum Gasteiger partial charge on any atom is 0.246 e. The van der Waals surface area contributed by atoms with Crippen LogP contribution in [-0.4, -0.2) is 31.2 Å². The third-order valence-electron chi connectivity index (χ3n) is 3.50. The van der Waals surface area contributed by atoms with Crippen molar-refractivity contribution in [3.8, 4) is 0 Å². The van der Waals surface area contributed by atoms with Crippen molar-refractivity contribution in [1.82, 2.24) is 5.32 Å². The van der Waals surface area contributed by atoms with Gasteiger partial charge >= 0.3 is 0 Å². The van der Waals surface area contributed by atoms with Gasteiger partial charge in [-0.3, -0.25) is 4.79 Å². The van der Waals surface area contributed by atoms with Gasteiger partial charge in [0.25, 0.3) is 0 Å². The molecule has 100 valence electrons. The van der Waals surface area contributed by atoms with Crippen molar-refractivity contribution >= 4 is 5.91 Å². The Bertz CT molecular complexity index is 246. The molecule has 0 radical (unpaired) electrons. The summed E-state index contributed by atoms with van der Waals surface area (Å²) >= 11 is 0. The lowest BCUT2D eigenvalue weighted by Crippen LogP contribution is -2.46. The predicted octanol–water partition coefficient (Wildman–Crippen LogP) is 1.44. The summed E-state index contributed by atoms with van der Waals surface area (Å²) < 4.78 is 5.81. The van der Waals surface area contributed by atoms with Gasteiger partial charge in [0.15, 0.2) is 0 Å². The zero-order valence-corrected chi connectivity index (χ0v) is 11.1. The summed E-state index contributed by atoms with van der Waals surface area (Å²) in [6, 6.07) is 0. The fourth-order valence-electron chi connectivity index (χ4n) is 2.52. The number of ether oxygens (including phenoxy) is 1. The van der Waals surface area contributed by atoms with Crippen LogP contribution < -0.4 is 11.1 Å². The van der Waals surface area contributed by atoms with Gasteiger partial charge in [-0.1, -0.05) is 26.7 Å². The lowest BCUT2D eigenvalue weighted by atomic mass is 9.79. The predicted molar refractivity (Wildman–Crippen MR) is 68.7 cm³/mol. The van der Waals surface area contributed by atoms with Gasteiger partial charge < -0.3 is 15.8 Å². The zero-order chi connectivity index (χ0) is 12.7. The molecule has 0 aromatic heterocycles. The molecule has 2 unspecified atom stereocenters. The van der Waals surface area contributed by atoms with Crippen LogP contribution in [0.3, 0.4) is 0 Å². The van der Waals surface area contributed by atoms with Crippen molar-refractivity contribution in [3.63, 3.8) is 0 Å². The summed E-state index contributed by atoms with van der Waals surface area (Å²) in [6.07, 6.45) is 5.30. The molecule has 0 saturated heterocycles. The number of amides is 1. The molecule has 0 spiro atoms. The van der Waals surface area contributed by atoms with Crippen LogP contribution in [0, 0.1) is 5.92 Å². The SMILES string of the molecule is CCCNC(=O)COC1(CN)CCCC(C)C1. The number of hydrogen-bond acceptors (Lipinski definition) is 3. The fourth-order valence-corrected chi connectivity index (χ4v) is 2.52. The van der Waals surface area contributed by atoms with Crippen LogP contribution in [0.2, 0.25) is 0 Å². The summed E-state index contributed by atoms with van der Waals surface area (Å²) in [5, 5.41) is 2.82. The standard InChI is InChI=1S/C13H26N2O2/c1-3-7-15-12(16)9-17-13(10-14)6-4-5-11(2)8-13/h11H,3-10,14H2,1-2H3,(H,15,16). The Morgan fingerprint density at radius 2 is 2.35 bits per heavy atom. The smallest absolute Gasteiger partial charge is 0.246 e. The van der Waals surface area contributed by atoms with Gasteiger partial charge in [-0.05, 0) is 25.2 Å². The molecule has 1 amide bonds. The minimum Gasteiger partial charge on any atom is -0.364 e. The maximum absolute atomic E-state index is 11.5. The molecular formula is C13H26N2O2. The van der Waals surface area contributed by atoms with Gasteiger partial charge in [-0.15, -0.1) is 0 Å². The lowest BCUT2D eigenvalue weighted by molar-refractivity contribution is -0.136. The summed E-state index contributed by atoms with van der Waals surface area (Å²) in [7, 11) is 0. The van der Waals surface area contributed by atoms with E-state index < -0.39 is 0 Å². The van der Waals surface area contributed by atoms with Gasteiger partial charge in [-0.2, -0.15) is 0 Å². The number of rotatable bonds is 6. The molecule has 4 nitrogen and oxygen atoms in total. The lowest BCUT2D eigenvalue weighted by Gasteiger charge is -2.38. The fraction of sp³-hybridized carbons (Fsp3) is 0.923. The van der Waals surface area contributed by atoms with Crippen LogP contribution in [0.5, 0.6) is 0 Å². The van der Waals surface area contributed by atoms with E-state index >= 15 is 0 Å². The highest BCUT2D eigenvalue weighted by atomic mass is 16.5. The van der Waals surface area contributed by atoms with Crippen molar-refractivity contribution in [1.29, 1.82) is 0 Å². The van der Waals surface area contributed by atoms with Crippen LogP contribution in [0.4, 0.5) is 0 Å². The number of carbonyl (C=O) groups is 1. The van der Waals surface area contributed by atoms with Crippen LogP contribution in [0.25, 0.3) is 0 Å². The molecule has 3 N–H and O–H groups in total. The van der Waals surface area contributed by atoms with E-state index in [1.54, 1.807) is 0 Å². The van der Waals surface area contributed by atoms with Crippen molar-refractivity contribution in [2.75, 3.05) is 19.7 Å². The molecule has 1 saturated carbocycles. The van der Waals surface area contributed by atoms with E-state index in [4.69, 9.17) is 10.5 Å². The van der Waals surface area contributed by atoms with Gasteiger partial charge in [0.05, 0.1) is 5.60 Å². The first-order valence-corrected chi connectivity index (χ1v) is 6.72. The van der Waals surface area contributed by atoms with E-state index in [1.165, 1.54) is 6.42 Å². The minimum absolute atomic E-state index is 0.0297. The first-order chi connectivity index (χ1) is 8.12. The second-order valence-corrected chi connectivity index (χ2v) is 5.23. The molecule has 1 aliphatic carbocycles. The molecule has 0 aliphatic heterocycles. The van der Waals surface area contributed by atoms with Gasteiger partial charge in [-0.25, -0.2) is 0 Å². The van der Waals surface area contributed by atoms with Crippen LogP contribution in [-0.2, 0) is 9.53 Å². The molecule has 4 heteroatoms. The van der Waals surface area contributed by atoms with Crippen molar-refractivity contribution < 1.29 is 9.53 Å². The van der Waals surface area contributed by atoms with Gasteiger partial charge in [0, 0.05) is 13.1 Å². The highest BCUT2D eigenvalue weighted by Crippen LogP contribution is 2.34. The molecule has 0 aromatic carbocycles. The van der Waals surface area contributed by atoms with Crippen LogP contribution >= 0.6 is 0 Å². The second-order valence-electron chi connectivity index (χ2n) is 5.23. The first-order valence-electron chi connectivity index (χ1n) is 6.72. The number of hydrogen-bond donors (Lipinski definition) is 2.